The molecule has 1 fully saturated rings. The average molecular weight is 397 g/mol. The summed E-state index contributed by atoms with van der Waals surface area (Å²) in [6.07, 6.45) is 1.55. The van der Waals surface area contributed by atoms with Gasteiger partial charge in [0, 0.05) is 12.1 Å². The van der Waals surface area contributed by atoms with Crippen molar-refractivity contribution < 1.29 is 17.9 Å². The molecule has 1 aliphatic rings. The Morgan fingerprint density at radius 2 is 1.71 bits per heavy atom. The van der Waals surface area contributed by atoms with Crippen LogP contribution in [0, 0.1) is 0 Å². The highest BCUT2D eigenvalue weighted by atomic mass is 32.2. The Bertz CT molecular complexity index is 1110. The Morgan fingerprint density at radius 1 is 0.929 bits per heavy atom. The van der Waals surface area contributed by atoms with Crippen LogP contribution in [0.25, 0.3) is 10.8 Å². The highest BCUT2D eigenvalue weighted by molar-refractivity contribution is 7.89. The van der Waals surface area contributed by atoms with Crippen LogP contribution in [0.2, 0.25) is 0 Å². The van der Waals surface area contributed by atoms with Crippen LogP contribution in [-0.2, 0) is 10.0 Å². The summed E-state index contributed by atoms with van der Waals surface area (Å²) >= 11 is 0. The summed E-state index contributed by atoms with van der Waals surface area (Å²) in [4.78, 5) is 0.319. The Hall–Kier alpha value is -2.57. The highest BCUT2D eigenvalue weighted by Crippen LogP contribution is 2.41. The lowest BCUT2D eigenvalue weighted by atomic mass is 10.0. The fourth-order valence-corrected chi connectivity index (χ4v) is 5.61. The Morgan fingerprint density at radius 3 is 2.46 bits per heavy atom. The van der Waals surface area contributed by atoms with Gasteiger partial charge in [-0.15, -0.1) is 0 Å². The van der Waals surface area contributed by atoms with Crippen molar-refractivity contribution in [3.05, 3.63) is 66.2 Å². The lowest BCUT2D eigenvalue weighted by molar-refractivity contribution is 0.362. The molecule has 146 valence electrons. The molecule has 0 bridgehead atoms. The molecule has 0 unspecified atom stereocenters. The molecule has 1 atom stereocenters. The zero-order chi connectivity index (χ0) is 19.7. The summed E-state index contributed by atoms with van der Waals surface area (Å²) in [5, 5.41) is 1.94. The normalized spacial score (nSPS) is 17.7. The summed E-state index contributed by atoms with van der Waals surface area (Å²) in [5.74, 6) is 1.36. The molecule has 0 spiro atoms. The van der Waals surface area contributed by atoms with Crippen molar-refractivity contribution in [2.24, 2.45) is 0 Å². The third-order valence-electron chi connectivity index (χ3n) is 5.33. The number of hydrogen-bond acceptors (Lipinski definition) is 4. The van der Waals surface area contributed by atoms with Gasteiger partial charge in [-0.3, -0.25) is 0 Å². The van der Waals surface area contributed by atoms with Crippen LogP contribution in [0.1, 0.15) is 24.4 Å². The molecule has 0 aromatic heterocycles. The third-order valence-corrected chi connectivity index (χ3v) is 7.23. The topological polar surface area (TPSA) is 55.8 Å². The fraction of sp³-hybridized carbons (Fsp3) is 0.273. The molecular weight excluding hydrogens is 374 g/mol. The molecule has 4 rings (SSSR count). The molecule has 5 nitrogen and oxygen atoms in total. The fourth-order valence-electron chi connectivity index (χ4n) is 3.90. The minimum absolute atomic E-state index is 0.276. The third kappa shape index (κ3) is 3.23. The molecular formula is C22H23NO4S. The Kier molecular flexibility index (Phi) is 5.00. The zero-order valence-electron chi connectivity index (χ0n) is 16.0. The van der Waals surface area contributed by atoms with Crippen molar-refractivity contribution in [3.63, 3.8) is 0 Å². The smallest absolute Gasteiger partial charge is 0.243 e. The largest absolute Gasteiger partial charge is 0.497 e. The summed E-state index contributed by atoms with van der Waals surface area (Å²) in [5.41, 5.74) is 0.837. The molecule has 1 heterocycles. The van der Waals surface area contributed by atoms with E-state index in [1.807, 2.05) is 48.5 Å². The number of methoxy groups -OCH3 is 2. The van der Waals surface area contributed by atoms with E-state index in [1.165, 1.54) is 0 Å². The van der Waals surface area contributed by atoms with E-state index in [0.29, 0.717) is 22.9 Å². The molecule has 1 saturated heterocycles. The zero-order valence-corrected chi connectivity index (χ0v) is 16.8. The van der Waals surface area contributed by atoms with Crippen LogP contribution in [0.5, 0.6) is 11.5 Å². The highest BCUT2D eigenvalue weighted by Gasteiger charge is 2.37. The number of nitrogens with zero attached hydrogens (tertiary/aromatic N) is 1. The standard InChI is InChI=1S/C22H23NO4S/c1-26-18-10-12-22(27-2)20(15-18)21-8-5-13-23(21)28(24,25)19-11-9-16-6-3-4-7-17(16)14-19/h3-4,6-7,9-12,14-15,21H,5,8,13H2,1-2H3/t21-/m1/s1. The van der Waals surface area contributed by atoms with E-state index in [4.69, 9.17) is 9.47 Å². The van der Waals surface area contributed by atoms with Gasteiger partial charge in [0.25, 0.3) is 0 Å². The first kappa shape index (κ1) is 18.8. The first-order chi connectivity index (χ1) is 13.5. The van der Waals surface area contributed by atoms with Crippen molar-refractivity contribution in [1.29, 1.82) is 0 Å². The molecule has 28 heavy (non-hydrogen) atoms. The molecule has 0 N–H and O–H groups in total. The summed E-state index contributed by atoms with van der Waals surface area (Å²) < 4.78 is 39.4. The molecule has 3 aromatic carbocycles. The molecule has 0 radical (unpaired) electrons. The van der Waals surface area contributed by atoms with Crippen LogP contribution in [0.15, 0.2) is 65.6 Å². The Balaban J connectivity index is 1.76. The van der Waals surface area contributed by atoms with Crippen molar-refractivity contribution in [1.82, 2.24) is 4.31 Å². The average Bonchev–Trinajstić information content (AvgIpc) is 3.23. The number of fused-ring (bicyclic) bond motifs is 1. The lowest BCUT2D eigenvalue weighted by Gasteiger charge is -2.26. The maximum atomic E-state index is 13.5. The van der Waals surface area contributed by atoms with Gasteiger partial charge in [0.05, 0.1) is 25.2 Å². The summed E-state index contributed by atoms with van der Waals surface area (Å²) in [6.45, 7) is 0.486. The number of hydrogen-bond donors (Lipinski definition) is 0. The number of sulfonamides is 1. The number of rotatable bonds is 5. The van der Waals surface area contributed by atoms with E-state index < -0.39 is 10.0 Å². The van der Waals surface area contributed by atoms with E-state index in [9.17, 15) is 8.42 Å². The molecule has 0 saturated carbocycles. The minimum atomic E-state index is -3.64. The SMILES string of the molecule is COc1ccc(OC)c([C@H]2CCCN2S(=O)(=O)c2ccc3ccccc3c2)c1. The second-order valence-electron chi connectivity index (χ2n) is 6.89. The predicted octanol–water partition coefficient (Wildman–Crippen LogP) is 4.38. The van der Waals surface area contributed by atoms with Crippen molar-refractivity contribution >= 4 is 20.8 Å². The van der Waals surface area contributed by atoms with Gasteiger partial charge in [0.2, 0.25) is 10.0 Å². The summed E-state index contributed by atoms with van der Waals surface area (Å²) in [6, 6.07) is 18.3. The first-order valence-corrected chi connectivity index (χ1v) is 10.7. The monoisotopic (exact) mass is 397 g/mol. The van der Waals surface area contributed by atoms with Crippen LogP contribution in [0.3, 0.4) is 0 Å². The van der Waals surface area contributed by atoms with Gasteiger partial charge >= 0.3 is 0 Å². The number of ether oxygens (including phenoxy) is 2. The van der Waals surface area contributed by atoms with Gasteiger partial charge < -0.3 is 9.47 Å². The second kappa shape index (κ2) is 7.45. The molecule has 0 aliphatic carbocycles. The van der Waals surface area contributed by atoms with Gasteiger partial charge in [-0.2, -0.15) is 4.31 Å². The number of benzene rings is 3. The summed E-state index contributed by atoms with van der Waals surface area (Å²) in [7, 11) is -0.434. The van der Waals surface area contributed by atoms with Crippen molar-refractivity contribution in [2.75, 3.05) is 20.8 Å². The van der Waals surface area contributed by atoms with Crippen molar-refractivity contribution in [2.45, 2.75) is 23.8 Å². The molecule has 6 heteroatoms. The van der Waals surface area contributed by atoms with E-state index >= 15 is 0 Å². The minimum Gasteiger partial charge on any atom is -0.497 e. The van der Waals surface area contributed by atoms with Gasteiger partial charge in [-0.25, -0.2) is 8.42 Å². The first-order valence-electron chi connectivity index (χ1n) is 9.27. The second-order valence-corrected chi connectivity index (χ2v) is 8.78. The van der Waals surface area contributed by atoms with Crippen LogP contribution in [-0.4, -0.2) is 33.5 Å². The maximum absolute atomic E-state index is 13.5. The van der Waals surface area contributed by atoms with Crippen LogP contribution in [0.4, 0.5) is 0 Å². The lowest BCUT2D eigenvalue weighted by Crippen LogP contribution is -2.31. The molecule has 1 aliphatic heterocycles. The van der Waals surface area contributed by atoms with Crippen LogP contribution < -0.4 is 9.47 Å². The van der Waals surface area contributed by atoms with Gasteiger partial charge in [0.15, 0.2) is 0 Å². The van der Waals surface area contributed by atoms with E-state index in [-0.39, 0.29) is 6.04 Å². The van der Waals surface area contributed by atoms with E-state index in [0.717, 1.165) is 29.2 Å². The van der Waals surface area contributed by atoms with Crippen molar-refractivity contribution in [3.8, 4) is 11.5 Å². The molecule has 3 aromatic rings. The maximum Gasteiger partial charge on any atom is 0.243 e. The van der Waals surface area contributed by atoms with Gasteiger partial charge in [0.1, 0.15) is 11.5 Å². The quantitative estimate of drug-likeness (QED) is 0.641. The van der Waals surface area contributed by atoms with Crippen LogP contribution >= 0.6 is 0 Å². The van der Waals surface area contributed by atoms with Gasteiger partial charge in [-0.1, -0.05) is 30.3 Å². The van der Waals surface area contributed by atoms with E-state index in [1.54, 1.807) is 30.7 Å². The van der Waals surface area contributed by atoms with E-state index in [2.05, 4.69) is 0 Å². The predicted molar refractivity (Wildman–Crippen MR) is 109 cm³/mol. The van der Waals surface area contributed by atoms with Gasteiger partial charge in [-0.05, 0) is 53.9 Å². The Labute approximate surface area is 165 Å². The molecule has 0 amide bonds.